The van der Waals surface area contributed by atoms with Crippen LogP contribution in [0.15, 0.2) is 0 Å². The Morgan fingerprint density at radius 1 is 1.25 bits per heavy atom. The molecule has 0 bridgehead atoms. The maximum Gasteiger partial charge on any atom is 2.00 e. The Labute approximate surface area is 68.0 Å². The van der Waals surface area contributed by atoms with Crippen molar-refractivity contribution in [3.05, 3.63) is 0 Å². The van der Waals surface area contributed by atoms with E-state index in [1.165, 1.54) is 0 Å². The summed E-state index contributed by atoms with van der Waals surface area (Å²) in [7, 11) is 0. The zero-order valence-corrected chi connectivity index (χ0v) is 5.32. The molecule has 0 nitrogen and oxygen atoms in total. The van der Waals surface area contributed by atoms with Crippen LogP contribution in [0.4, 0.5) is 0 Å². The van der Waals surface area contributed by atoms with Gasteiger partial charge in [-0.1, -0.05) is 0 Å². The van der Waals surface area contributed by atoms with E-state index in [1.54, 1.807) is 0 Å². The van der Waals surface area contributed by atoms with Crippen molar-refractivity contribution in [3.63, 3.8) is 0 Å². The quantitative estimate of drug-likeness (QED) is 0.455. The van der Waals surface area contributed by atoms with Gasteiger partial charge in [0.25, 0.3) is 0 Å². The molecule has 0 aliphatic heterocycles. The summed E-state index contributed by atoms with van der Waals surface area (Å²) in [5.41, 5.74) is 0. The van der Waals surface area contributed by atoms with Crippen molar-refractivity contribution < 1.29 is 58.1 Å². The van der Waals surface area contributed by atoms with Crippen LogP contribution in [-0.4, -0.2) is 10.1 Å². The number of rotatable bonds is 0. The van der Waals surface area contributed by atoms with Crippen molar-refractivity contribution in [3.8, 4) is 0 Å². The molecule has 0 fully saturated rings. The zero-order valence-electron chi connectivity index (χ0n) is 3.82. The molecule has 0 spiro atoms. The van der Waals surface area contributed by atoms with Gasteiger partial charge in [-0.15, -0.1) is 0 Å². The molecule has 0 heterocycles. The molecule has 0 saturated heterocycles. The fourth-order valence-electron chi connectivity index (χ4n) is 0. The van der Waals surface area contributed by atoms with Crippen LogP contribution in [0.25, 0.3) is 0 Å². The van der Waals surface area contributed by atoms with E-state index in [4.69, 9.17) is 0 Å². The van der Waals surface area contributed by atoms with Crippen LogP contribution in [0, 0.1) is 0 Å². The van der Waals surface area contributed by atoms with E-state index < -0.39 is 0 Å². The summed E-state index contributed by atoms with van der Waals surface area (Å²) in [6, 6.07) is 0. The number of hydrogen-bond acceptors (Lipinski definition) is 0. The van der Waals surface area contributed by atoms with E-state index in [9.17, 15) is 0 Å². The smallest absolute Gasteiger partial charge is 1.00 e. The third-order valence-corrected chi connectivity index (χ3v) is 0. The Balaban J connectivity index is 0. The minimum atomic E-state index is 0. The van der Waals surface area contributed by atoms with Crippen molar-refractivity contribution >= 4 is 10.1 Å². The predicted octanol–water partition coefficient (Wildman–Crippen LogP) is -0.163. The molecule has 0 atom stereocenters. The van der Waals surface area contributed by atoms with Gasteiger partial charge in [0.2, 0.25) is 0 Å². The van der Waals surface area contributed by atoms with E-state index in [0.29, 0.717) is 0 Å². The maximum atomic E-state index is 0. The Bertz CT molecular complexity index is 13.5. The first-order chi connectivity index (χ1) is 0. The second-order valence-corrected chi connectivity index (χ2v) is 0. The van der Waals surface area contributed by atoms with Crippen molar-refractivity contribution in [2.75, 3.05) is 0 Å². The van der Waals surface area contributed by atoms with Crippen molar-refractivity contribution in [1.82, 2.24) is 0 Å². The molecule has 0 unspecified atom stereocenters. The Hall–Kier alpha value is 1.90. The Kier molecular flexibility index (Phi) is 203. The topological polar surface area (TPSA) is 0 Å². The van der Waals surface area contributed by atoms with Gasteiger partial charge in [-0.25, -0.2) is 0 Å². The van der Waals surface area contributed by atoms with Crippen LogP contribution in [0.2, 0.25) is 0 Å². The molecule has 0 aromatic heterocycles. The molecular formula is H2BeCuNiTi. The first-order valence-electron chi connectivity index (χ1n) is 0. The SMILES string of the molecule is [Be+2].[Cu].[H-].[H-].[Ni].[Ti]. The molecule has 0 aromatic rings. The van der Waals surface area contributed by atoms with Gasteiger partial charge >= 0.3 is 10.1 Å². The second-order valence-electron chi connectivity index (χ2n) is 0. The standard InChI is InChI=1S/Be.Cu.Ni.Ti.2H/q+2;;;;2*-1. The minimum absolute atomic E-state index is 0. The van der Waals surface area contributed by atoms with Crippen LogP contribution in [0.5, 0.6) is 0 Å². The minimum Gasteiger partial charge on any atom is -1.00 e. The summed E-state index contributed by atoms with van der Waals surface area (Å²) in [6.07, 6.45) is 0. The second kappa shape index (κ2) is 20.7. The van der Waals surface area contributed by atoms with Crippen LogP contribution in [0.3, 0.4) is 0 Å². The normalized spacial score (nSPS) is 0. The fourth-order valence-corrected chi connectivity index (χ4v) is 0. The Morgan fingerprint density at radius 3 is 1.25 bits per heavy atom. The molecule has 0 N–H and O–H groups in total. The van der Waals surface area contributed by atoms with E-state index >= 15 is 0 Å². The summed E-state index contributed by atoms with van der Waals surface area (Å²) in [5.74, 6) is 0. The molecule has 0 aromatic carbocycles. The summed E-state index contributed by atoms with van der Waals surface area (Å²) in [4.78, 5) is 0. The molecule has 0 amide bonds. The van der Waals surface area contributed by atoms with Crippen LogP contribution in [0.1, 0.15) is 2.85 Å². The Morgan fingerprint density at radius 2 is 1.25 bits per heavy atom. The molecule has 4 heteroatoms. The summed E-state index contributed by atoms with van der Waals surface area (Å²) in [6.45, 7) is 0. The summed E-state index contributed by atoms with van der Waals surface area (Å²) < 4.78 is 0. The zero-order chi connectivity index (χ0) is 0. The van der Waals surface area contributed by atoms with Gasteiger partial charge in [0.15, 0.2) is 0 Å². The van der Waals surface area contributed by atoms with Gasteiger partial charge in [0.05, 0.1) is 0 Å². The molecule has 0 rings (SSSR count). The van der Waals surface area contributed by atoms with Gasteiger partial charge in [-0.05, 0) is 0 Å². The first-order valence-corrected chi connectivity index (χ1v) is 0. The first kappa shape index (κ1) is 39.3. The molecule has 0 aliphatic rings. The van der Waals surface area contributed by atoms with Gasteiger partial charge in [-0.2, -0.15) is 0 Å². The number of hydrogen-bond donors (Lipinski definition) is 0. The van der Waals surface area contributed by atoms with Crippen molar-refractivity contribution in [1.29, 1.82) is 0 Å². The van der Waals surface area contributed by atoms with Crippen LogP contribution in [-0.2, 0) is 55.3 Å². The van der Waals surface area contributed by atoms with Crippen LogP contribution < -0.4 is 0 Å². The summed E-state index contributed by atoms with van der Waals surface area (Å²) >= 11 is 0. The van der Waals surface area contributed by atoms with Gasteiger partial charge in [0, 0.05) is 55.3 Å². The molecule has 1 radical (unpaired) electrons. The van der Waals surface area contributed by atoms with Gasteiger partial charge < -0.3 is 2.85 Å². The van der Waals surface area contributed by atoms with E-state index in [-0.39, 0.29) is 68.3 Å². The fraction of sp³-hybridized carbons (Fsp3) is 0. The van der Waals surface area contributed by atoms with Gasteiger partial charge in [-0.3, -0.25) is 0 Å². The molecule has 0 saturated carbocycles. The summed E-state index contributed by atoms with van der Waals surface area (Å²) in [5, 5.41) is 0. The van der Waals surface area contributed by atoms with E-state index in [2.05, 4.69) is 0 Å². The molecule has 29 valence electrons. The van der Waals surface area contributed by atoms with Gasteiger partial charge in [0.1, 0.15) is 0 Å². The molecule has 0 aliphatic carbocycles. The molecular weight excluding hydrogens is 179 g/mol. The predicted molar refractivity (Wildman–Crippen MR) is 7.98 cm³/mol. The van der Waals surface area contributed by atoms with Crippen LogP contribution >= 0.6 is 0 Å². The average molecular weight is 181 g/mol. The largest absolute Gasteiger partial charge is 2.00 e. The van der Waals surface area contributed by atoms with Crippen molar-refractivity contribution in [2.45, 2.75) is 0 Å². The third-order valence-electron chi connectivity index (χ3n) is 0. The van der Waals surface area contributed by atoms with E-state index in [0.717, 1.165) is 0 Å². The average Bonchev–Trinajstić information content (AvgIpc) is 0. The monoisotopic (exact) mass is 180 g/mol. The maximum absolute atomic E-state index is 0. The third kappa shape index (κ3) is 9.09. The van der Waals surface area contributed by atoms with E-state index in [1.807, 2.05) is 0 Å². The molecule has 4 heavy (non-hydrogen) atoms. The van der Waals surface area contributed by atoms with Crippen molar-refractivity contribution in [2.24, 2.45) is 0 Å².